The highest BCUT2D eigenvalue weighted by molar-refractivity contribution is 8.00. The minimum Gasteiger partial charge on any atom is -0.344 e. The zero-order valence-electron chi connectivity index (χ0n) is 19.5. The predicted molar refractivity (Wildman–Crippen MR) is 137 cm³/mol. The number of likely N-dealkylation sites (N-methyl/N-ethyl adjacent to an activating group) is 1. The maximum absolute atomic E-state index is 13.3. The Balaban J connectivity index is 2.11. The molecule has 3 aromatic rings. The third-order valence-corrected chi connectivity index (χ3v) is 7.40. The van der Waals surface area contributed by atoms with E-state index in [9.17, 15) is 9.59 Å². The number of rotatable bonds is 10. The fourth-order valence-corrected chi connectivity index (χ4v) is 5.70. The SMILES string of the molecule is CCN(CC)C(=O)[C@H](CSC(c1ccccc1)(c1ccccc1)c1ccccc1)NC(C)=O. The molecule has 0 aliphatic rings. The van der Waals surface area contributed by atoms with Crippen LogP contribution < -0.4 is 5.32 Å². The van der Waals surface area contributed by atoms with E-state index in [1.165, 1.54) is 6.92 Å². The molecule has 0 fully saturated rings. The van der Waals surface area contributed by atoms with E-state index in [1.807, 2.05) is 68.4 Å². The predicted octanol–water partition coefficient (Wildman–Crippen LogP) is 5.08. The fraction of sp³-hybridized carbons (Fsp3) is 0.286. The van der Waals surface area contributed by atoms with Gasteiger partial charge < -0.3 is 10.2 Å². The number of hydrogen-bond acceptors (Lipinski definition) is 3. The van der Waals surface area contributed by atoms with Crippen molar-refractivity contribution in [1.29, 1.82) is 0 Å². The molecular weight excluding hydrogens is 428 g/mol. The Bertz CT molecular complexity index is 925. The number of nitrogens with zero attached hydrogens (tertiary/aromatic N) is 1. The largest absolute Gasteiger partial charge is 0.344 e. The summed E-state index contributed by atoms with van der Waals surface area (Å²) in [5.41, 5.74) is 3.39. The summed E-state index contributed by atoms with van der Waals surface area (Å²) < 4.78 is -0.538. The molecular formula is C28H32N2O2S. The Morgan fingerprint density at radius 2 is 1.18 bits per heavy atom. The summed E-state index contributed by atoms with van der Waals surface area (Å²) >= 11 is 1.68. The number of hydrogen-bond donors (Lipinski definition) is 1. The van der Waals surface area contributed by atoms with Crippen molar-refractivity contribution in [3.05, 3.63) is 108 Å². The van der Waals surface area contributed by atoms with Gasteiger partial charge in [0.05, 0.1) is 4.75 Å². The van der Waals surface area contributed by atoms with Gasteiger partial charge in [-0.25, -0.2) is 0 Å². The van der Waals surface area contributed by atoms with Crippen LogP contribution in [-0.4, -0.2) is 41.6 Å². The molecule has 0 saturated carbocycles. The van der Waals surface area contributed by atoms with E-state index < -0.39 is 10.8 Å². The van der Waals surface area contributed by atoms with Crippen LogP contribution in [0.5, 0.6) is 0 Å². The Labute approximate surface area is 201 Å². The number of nitrogens with one attached hydrogen (secondary N) is 1. The molecule has 0 spiro atoms. The summed E-state index contributed by atoms with van der Waals surface area (Å²) in [5.74, 6) is 0.185. The zero-order valence-corrected chi connectivity index (χ0v) is 20.3. The molecule has 4 nitrogen and oxygen atoms in total. The summed E-state index contributed by atoms with van der Waals surface area (Å²) in [4.78, 5) is 27.0. The van der Waals surface area contributed by atoms with Gasteiger partial charge in [-0.05, 0) is 30.5 Å². The van der Waals surface area contributed by atoms with Crippen molar-refractivity contribution in [2.75, 3.05) is 18.8 Å². The molecule has 0 aliphatic heterocycles. The lowest BCUT2D eigenvalue weighted by Crippen LogP contribution is -2.50. The lowest BCUT2D eigenvalue weighted by atomic mass is 9.84. The summed E-state index contributed by atoms with van der Waals surface area (Å²) in [6, 6.07) is 30.5. The average Bonchev–Trinajstić information content (AvgIpc) is 2.86. The van der Waals surface area contributed by atoms with Crippen molar-refractivity contribution in [3.63, 3.8) is 0 Å². The first-order chi connectivity index (χ1) is 16.0. The first kappa shape index (κ1) is 24.6. The summed E-state index contributed by atoms with van der Waals surface area (Å²) in [7, 11) is 0. The van der Waals surface area contributed by atoms with E-state index in [2.05, 4.69) is 41.7 Å². The lowest BCUT2D eigenvalue weighted by Gasteiger charge is -2.37. The maximum Gasteiger partial charge on any atom is 0.245 e. The van der Waals surface area contributed by atoms with E-state index in [4.69, 9.17) is 0 Å². The first-order valence-electron chi connectivity index (χ1n) is 11.4. The van der Waals surface area contributed by atoms with Crippen LogP contribution >= 0.6 is 11.8 Å². The molecule has 0 heterocycles. The van der Waals surface area contributed by atoms with Crippen molar-refractivity contribution in [2.45, 2.75) is 31.6 Å². The molecule has 3 rings (SSSR count). The van der Waals surface area contributed by atoms with Gasteiger partial charge in [-0.15, -0.1) is 11.8 Å². The molecule has 0 aliphatic carbocycles. The Morgan fingerprint density at radius 1 is 0.788 bits per heavy atom. The van der Waals surface area contributed by atoms with Crippen molar-refractivity contribution >= 4 is 23.6 Å². The second-order valence-electron chi connectivity index (χ2n) is 7.85. The van der Waals surface area contributed by atoms with E-state index in [-0.39, 0.29) is 11.8 Å². The van der Waals surface area contributed by atoms with Crippen LogP contribution in [0.15, 0.2) is 91.0 Å². The highest BCUT2D eigenvalue weighted by atomic mass is 32.2. The molecule has 0 unspecified atom stereocenters. The number of carbonyl (C=O) groups is 2. The highest BCUT2D eigenvalue weighted by Crippen LogP contribution is 2.48. The molecule has 5 heteroatoms. The average molecular weight is 461 g/mol. The number of carbonyl (C=O) groups excluding carboxylic acids is 2. The van der Waals surface area contributed by atoms with Crippen LogP contribution in [0.4, 0.5) is 0 Å². The van der Waals surface area contributed by atoms with Gasteiger partial charge >= 0.3 is 0 Å². The Morgan fingerprint density at radius 3 is 1.52 bits per heavy atom. The van der Waals surface area contributed by atoms with Crippen molar-refractivity contribution in [1.82, 2.24) is 10.2 Å². The quantitative estimate of drug-likeness (QED) is 0.429. The van der Waals surface area contributed by atoms with E-state index in [0.717, 1.165) is 16.7 Å². The zero-order chi connectivity index (χ0) is 23.7. The van der Waals surface area contributed by atoms with Crippen molar-refractivity contribution in [2.24, 2.45) is 0 Å². The van der Waals surface area contributed by atoms with E-state index in [1.54, 1.807) is 16.7 Å². The van der Waals surface area contributed by atoms with Crippen LogP contribution in [0.3, 0.4) is 0 Å². The van der Waals surface area contributed by atoms with E-state index >= 15 is 0 Å². The first-order valence-corrected chi connectivity index (χ1v) is 12.4. The van der Waals surface area contributed by atoms with Gasteiger partial charge in [0.15, 0.2) is 0 Å². The maximum atomic E-state index is 13.3. The smallest absolute Gasteiger partial charge is 0.245 e. The van der Waals surface area contributed by atoms with Gasteiger partial charge in [-0.1, -0.05) is 91.0 Å². The van der Waals surface area contributed by atoms with Crippen molar-refractivity contribution in [3.8, 4) is 0 Å². The molecule has 1 N–H and O–H groups in total. The van der Waals surface area contributed by atoms with Gasteiger partial charge in [-0.3, -0.25) is 9.59 Å². The normalized spacial score (nSPS) is 12.1. The summed E-state index contributed by atoms with van der Waals surface area (Å²) in [6.07, 6.45) is 0. The standard InChI is InChI=1S/C28H32N2O2S/c1-4-30(5-2)27(32)26(29-22(3)31)21-33-28(23-15-9-6-10-16-23,24-17-11-7-12-18-24)25-19-13-8-14-20-25/h6-20,26H,4-5,21H2,1-3H3,(H,29,31)/t26-/m0/s1. The van der Waals surface area contributed by atoms with Gasteiger partial charge in [0.25, 0.3) is 0 Å². The van der Waals surface area contributed by atoms with Crippen LogP contribution in [0.25, 0.3) is 0 Å². The molecule has 0 saturated heterocycles. The molecule has 3 aromatic carbocycles. The molecule has 33 heavy (non-hydrogen) atoms. The van der Waals surface area contributed by atoms with Gasteiger partial charge in [-0.2, -0.15) is 0 Å². The van der Waals surface area contributed by atoms with Gasteiger partial charge in [0, 0.05) is 25.8 Å². The Hall–Kier alpha value is -3.05. The topological polar surface area (TPSA) is 49.4 Å². The van der Waals surface area contributed by atoms with Gasteiger partial charge in [0.1, 0.15) is 6.04 Å². The molecule has 0 radical (unpaired) electrons. The number of thioether (sulfide) groups is 1. The van der Waals surface area contributed by atoms with Crippen LogP contribution in [0, 0.1) is 0 Å². The van der Waals surface area contributed by atoms with Crippen molar-refractivity contribution < 1.29 is 9.59 Å². The third-order valence-electron chi connectivity index (χ3n) is 5.76. The summed E-state index contributed by atoms with van der Waals surface area (Å²) in [5, 5.41) is 2.90. The van der Waals surface area contributed by atoms with Crippen LogP contribution in [0.1, 0.15) is 37.5 Å². The van der Waals surface area contributed by atoms with Crippen LogP contribution in [-0.2, 0) is 14.3 Å². The number of amides is 2. The van der Waals surface area contributed by atoms with Gasteiger partial charge in [0.2, 0.25) is 11.8 Å². The van der Waals surface area contributed by atoms with E-state index in [0.29, 0.717) is 18.8 Å². The fourth-order valence-electron chi connectivity index (χ4n) is 4.15. The Kier molecular flexibility index (Phi) is 8.72. The second-order valence-corrected chi connectivity index (χ2v) is 9.09. The third kappa shape index (κ3) is 5.66. The second kappa shape index (κ2) is 11.7. The minimum absolute atomic E-state index is 0.0502. The molecule has 2 amide bonds. The molecule has 1 atom stereocenters. The molecule has 0 bridgehead atoms. The minimum atomic E-state index is -0.608. The summed E-state index contributed by atoms with van der Waals surface area (Å²) in [6.45, 7) is 6.60. The molecule has 172 valence electrons. The molecule has 0 aromatic heterocycles. The lowest BCUT2D eigenvalue weighted by molar-refractivity contribution is -0.135. The number of benzene rings is 3. The highest BCUT2D eigenvalue weighted by Gasteiger charge is 2.38. The van der Waals surface area contributed by atoms with Crippen LogP contribution in [0.2, 0.25) is 0 Å². The monoisotopic (exact) mass is 460 g/mol.